The second-order valence-corrected chi connectivity index (χ2v) is 13.4. The summed E-state index contributed by atoms with van der Waals surface area (Å²) in [6.45, 7) is 1.66. The Hall–Kier alpha value is -4.99. The zero-order chi connectivity index (χ0) is 34.7. The molecule has 3 aromatic carbocycles. The Bertz CT molecular complexity index is 1700. The molecule has 2 heterocycles. The minimum atomic E-state index is -0.543. The predicted octanol–water partition coefficient (Wildman–Crippen LogP) is 6.66. The summed E-state index contributed by atoms with van der Waals surface area (Å²) in [5, 5.41) is 6.20. The van der Waals surface area contributed by atoms with Crippen LogP contribution in [0.15, 0.2) is 89.3 Å². The minimum Gasteiger partial charge on any atom is -0.445 e. The largest absolute Gasteiger partial charge is 0.445 e. The maximum atomic E-state index is 13.8. The Labute approximate surface area is 293 Å². The lowest BCUT2D eigenvalue weighted by Gasteiger charge is -2.32. The Morgan fingerprint density at radius 3 is 2.22 bits per heavy atom. The molecule has 0 spiro atoms. The van der Waals surface area contributed by atoms with Crippen LogP contribution in [0.1, 0.15) is 79.1 Å². The number of piperidine rings is 1. The van der Waals surface area contributed by atoms with E-state index in [0.717, 1.165) is 43.2 Å². The van der Waals surface area contributed by atoms with E-state index >= 15 is 0 Å². The van der Waals surface area contributed by atoms with Gasteiger partial charge in [-0.25, -0.2) is 9.78 Å². The highest BCUT2D eigenvalue weighted by Gasteiger charge is 2.33. The Morgan fingerprint density at radius 2 is 1.50 bits per heavy atom. The first-order chi connectivity index (χ1) is 24.5. The number of Topliss-reactive ketones (excluding diaryl/α,β-unsaturated/α-hetero) is 1. The van der Waals surface area contributed by atoms with E-state index in [1.165, 1.54) is 0 Å². The van der Waals surface area contributed by atoms with Gasteiger partial charge in [-0.05, 0) is 61.3 Å². The van der Waals surface area contributed by atoms with Gasteiger partial charge in [0, 0.05) is 32.1 Å². The number of aromatic nitrogens is 1. The fourth-order valence-corrected chi connectivity index (χ4v) is 7.23. The molecule has 1 aliphatic heterocycles. The average Bonchev–Trinajstić information content (AvgIpc) is 3.61. The van der Waals surface area contributed by atoms with E-state index in [2.05, 4.69) is 15.6 Å². The number of carbonyl (C=O) groups is 4. The lowest BCUT2D eigenvalue weighted by Crippen LogP contribution is -2.47. The van der Waals surface area contributed by atoms with Crippen molar-refractivity contribution in [2.75, 3.05) is 26.2 Å². The maximum Gasteiger partial charge on any atom is 0.410 e. The molecule has 10 nitrogen and oxygen atoms in total. The van der Waals surface area contributed by atoms with Crippen LogP contribution < -0.4 is 10.6 Å². The number of hydrogen-bond donors (Lipinski definition) is 2. The number of likely N-dealkylation sites (tertiary alicyclic amines) is 1. The molecule has 1 aliphatic carbocycles. The van der Waals surface area contributed by atoms with Crippen molar-refractivity contribution < 1.29 is 28.3 Å². The molecule has 2 unspecified atom stereocenters. The molecule has 2 N–H and O–H groups in total. The maximum absolute atomic E-state index is 13.8. The van der Waals surface area contributed by atoms with Gasteiger partial charge in [0.05, 0.1) is 11.8 Å². The van der Waals surface area contributed by atoms with Gasteiger partial charge in [-0.2, -0.15) is 0 Å². The van der Waals surface area contributed by atoms with Crippen LogP contribution in [0.3, 0.4) is 0 Å². The van der Waals surface area contributed by atoms with E-state index in [0.29, 0.717) is 50.0 Å². The van der Waals surface area contributed by atoms with Crippen molar-refractivity contribution in [3.8, 4) is 0 Å². The van der Waals surface area contributed by atoms with Gasteiger partial charge >= 0.3 is 6.09 Å². The molecule has 262 valence electrons. The van der Waals surface area contributed by atoms with E-state index in [1.807, 2.05) is 78.9 Å². The van der Waals surface area contributed by atoms with Crippen LogP contribution >= 0.6 is 0 Å². The number of nitrogens with zero attached hydrogens (tertiary/aromatic N) is 2. The van der Waals surface area contributed by atoms with Crippen molar-refractivity contribution in [2.24, 2.45) is 17.8 Å². The third-order valence-electron chi connectivity index (χ3n) is 10.1. The predicted molar refractivity (Wildman–Crippen MR) is 189 cm³/mol. The SMILES string of the molecule is O=C(NCC(C(=O)NCCC(C(=O)c1nc2ccccc2o1)c1ccccc1)C1CCCCC1)C1CCN(C(=O)OCc2ccccc2)CC1. The van der Waals surface area contributed by atoms with E-state index in [-0.39, 0.29) is 60.5 Å². The van der Waals surface area contributed by atoms with Crippen LogP contribution in [0.25, 0.3) is 11.1 Å². The van der Waals surface area contributed by atoms with Crippen molar-refractivity contribution >= 4 is 34.8 Å². The summed E-state index contributed by atoms with van der Waals surface area (Å²) in [5.74, 6) is -1.31. The summed E-state index contributed by atoms with van der Waals surface area (Å²) in [7, 11) is 0. The smallest absolute Gasteiger partial charge is 0.410 e. The molecular weight excluding hydrogens is 632 g/mol. The number of amides is 3. The molecule has 4 aromatic rings. The number of fused-ring (bicyclic) bond motifs is 1. The van der Waals surface area contributed by atoms with Gasteiger partial charge in [-0.15, -0.1) is 0 Å². The molecule has 2 atom stereocenters. The summed E-state index contributed by atoms with van der Waals surface area (Å²) in [4.78, 5) is 59.4. The number of nitrogens with one attached hydrogen (secondary N) is 2. The Morgan fingerprint density at radius 1 is 0.820 bits per heavy atom. The minimum absolute atomic E-state index is 0.0593. The first kappa shape index (κ1) is 34.9. The van der Waals surface area contributed by atoms with Crippen LogP contribution in [-0.4, -0.2) is 59.8 Å². The molecule has 0 radical (unpaired) electrons. The number of oxazole rings is 1. The molecule has 6 rings (SSSR count). The van der Waals surface area contributed by atoms with Crippen molar-refractivity contribution in [1.82, 2.24) is 20.5 Å². The normalized spacial score (nSPS) is 16.8. The zero-order valence-electron chi connectivity index (χ0n) is 28.4. The Kier molecular flexibility index (Phi) is 11.9. The summed E-state index contributed by atoms with van der Waals surface area (Å²) in [5.41, 5.74) is 2.94. The molecular formula is C40H46N4O6. The number of ketones is 1. The number of ether oxygens (including phenoxy) is 1. The van der Waals surface area contributed by atoms with Crippen LogP contribution in [0, 0.1) is 17.8 Å². The van der Waals surface area contributed by atoms with Gasteiger partial charge in [0.1, 0.15) is 12.1 Å². The summed E-state index contributed by atoms with van der Waals surface area (Å²) in [6.07, 6.45) is 6.27. The molecule has 3 amide bonds. The molecule has 50 heavy (non-hydrogen) atoms. The molecule has 2 fully saturated rings. The topological polar surface area (TPSA) is 131 Å². The van der Waals surface area contributed by atoms with E-state index in [1.54, 1.807) is 11.0 Å². The van der Waals surface area contributed by atoms with Gasteiger partial charge in [-0.1, -0.05) is 92.1 Å². The van der Waals surface area contributed by atoms with Gasteiger partial charge in [0.25, 0.3) is 5.89 Å². The fraction of sp³-hybridized carbons (Fsp3) is 0.425. The first-order valence-electron chi connectivity index (χ1n) is 17.9. The van der Waals surface area contributed by atoms with Crippen molar-refractivity contribution in [3.63, 3.8) is 0 Å². The quantitative estimate of drug-likeness (QED) is 0.151. The van der Waals surface area contributed by atoms with Gasteiger partial charge in [0.15, 0.2) is 5.58 Å². The molecule has 1 saturated heterocycles. The highest BCUT2D eigenvalue weighted by atomic mass is 16.6. The zero-order valence-corrected chi connectivity index (χ0v) is 28.4. The van der Waals surface area contributed by atoms with E-state index < -0.39 is 5.92 Å². The fourth-order valence-electron chi connectivity index (χ4n) is 7.23. The third kappa shape index (κ3) is 8.97. The lowest BCUT2D eigenvalue weighted by atomic mass is 9.79. The molecule has 1 saturated carbocycles. The van der Waals surface area contributed by atoms with Gasteiger partial charge in [0.2, 0.25) is 17.6 Å². The number of benzene rings is 3. The summed E-state index contributed by atoms with van der Waals surface area (Å²) in [6, 6.07) is 26.3. The van der Waals surface area contributed by atoms with E-state index in [9.17, 15) is 19.2 Å². The third-order valence-corrected chi connectivity index (χ3v) is 10.1. The summed E-state index contributed by atoms with van der Waals surface area (Å²) >= 11 is 0. The second kappa shape index (κ2) is 17.1. The van der Waals surface area contributed by atoms with Crippen LogP contribution in [0.5, 0.6) is 0 Å². The molecule has 1 aromatic heterocycles. The van der Waals surface area contributed by atoms with Crippen molar-refractivity contribution in [1.29, 1.82) is 0 Å². The highest BCUT2D eigenvalue weighted by Crippen LogP contribution is 2.31. The molecule has 10 heteroatoms. The first-order valence-corrected chi connectivity index (χ1v) is 17.9. The van der Waals surface area contributed by atoms with Crippen molar-refractivity contribution in [2.45, 2.75) is 63.9 Å². The van der Waals surface area contributed by atoms with Crippen LogP contribution in [0.2, 0.25) is 0 Å². The van der Waals surface area contributed by atoms with Gasteiger partial charge in [-0.3, -0.25) is 14.4 Å². The number of para-hydroxylation sites is 2. The van der Waals surface area contributed by atoms with Crippen LogP contribution in [-0.2, 0) is 20.9 Å². The van der Waals surface area contributed by atoms with Crippen molar-refractivity contribution in [3.05, 3.63) is 102 Å². The standard InChI is InChI=1S/C40H46N4O6/c45-36(39-43-34-18-10-11-19-35(34)50-39)32(29-14-6-2-7-15-29)20-23-41-38(47)33(30-16-8-3-9-17-30)26-42-37(46)31-21-24-44(25-22-31)40(48)49-27-28-12-4-1-5-13-28/h1-2,4-7,10-15,18-19,30-33H,3,8-9,16-17,20-27H2,(H,41,47)(H,42,46). The molecule has 0 bridgehead atoms. The summed E-state index contributed by atoms with van der Waals surface area (Å²) < 4.78 is 11.3. The Balaban J connectivity index is 1.02. The van der Waals surface area contributed by atoms with E-state index in [4.69, 9.17) is 9.15 Å². The number of rotatable bonds is 13. The van der Waals surface area contributed by atoms with Crippen LogP contribution in [0.4, 0.5) is 4.79 Å². The monoisotopic (exact) mass is 678 g/mol. The molecule has 2 aliphatic rings. The lowest BCUT2D eigenvalue weighted by molar-refractivity contribution is -0.129. The number of carbonyl (C=O) groups excluding carboxylic acids is 4. The second-order valence-electron chi connectivity index (χ2n) is 13.4. The highest BCUT2D eigenvalue weighted by molar-refractivity contribution is 5.99. The van der Waals surface area contributed by atoms with Gasteiger partial charge < -0.3 is 24.7 Å². The number of hydrogen-bond acceptors (Lipinski definition) is 7. The average molecular weight is 679 g/mol.